The molecule has 0 fully saturated rings. The van der Waals surface area contributed by atoms with E-state index in [1.54, 1.807) is 0 Å². The molecule has 0 amide bonds. The van der Waals surface area contributed by atoms with Crippen molar-refractivity contribution < 1.29 is 22.1 Å². The topological polar surface area (TPSA) is 89.3 Å². The summed E-state index contributed by atoms with van der Waals surface area (Å²) in [5.74, 6) is -1.53. The number of nitrogens with one attached hydrogen (secondary N) is 1. The van der Waals surface area contributed by atoms with Crippen molar-refractivity contribution in [2.24, 2.45) is 0 Å². The second-order valence-corrected chi connectivity index (χ2v) is 8.14. The zero-order valence-electron chi connectivity index (χ0n) is 12.0. The van der Waals surface area contributed by atoms with E-state index in [9.17, 15) is 27.3 Å². The van der Waals surface area contributed by atoms with Gasteiger partial charge in [-0.1, -0.05) is 17.4 Å². The van der Waals surface area contributed by atoms with E-state index in [1.807, 2.05) is 0 Å². The van der Waals surface area contributed by atoms with E-state index in [0.717, 1.165) is 18.4 Å². The minimum absolute atomic E-state index is 0.00773. The molecule has 23 heavy (non-hydrogen) atoms. The normalized spacial score (nSPS) is 12.9. The molecule has 2 rings (SSSR count). The number of anilines is 1. The van der Waals surface area contributed by atoms with Gasteiger partial charge in [0.15, 0.2) is 14.8 Å². The van der Waals surface area contributed by atoms with E-state index >= 15 is 0 Å². The molecule has 0 aliphatic carbocycles. The zero-order valence-corrected chi connectivity index (χ0v) is 13.7. The minimum atomic E-state index is -3.60. The van der Waals surface area contributed by atoms with Gasteiger partial charge in [-0.3, -0.25) is 10.1 Å². The molecule has 1 aromatic heterocycles. The smallest absolute Gasteiger partial charge is 0.304 e. The lowest BCUT2D eigenvalue weighted by atomic mass is 10.1. The Morgan fingerprint density at radius 1 is 1.30 bits per heavy atom. The highest BCUT2D eigenvalue weighted by Gasteiger charge is 2.25. The number of halogens is 2. The van der Waals surface area contributed by atoms with Crippen molar-refractivity contribution in [2.75, 3.05) is 11.6 Å². The van der Waals surface area contributed by atoms with Crippen molar-refractivity contribution in [2.45, 2.75) is 17.2 Å². The summed E-state index contributed by atoms with van der Waals surface area (Å²) in [4.78, 5) is 10.3. The lowest BCUT2D eigenvalue weighted by Crippen LogP contribution is -2.09. The number of thiophene rings is 1. The van der Waals surface area contributed by atoms with Crippen molar-refractivity contribution in [3.63, 3.8) is 0 Å². The lowest BCUT2D eigenvalue weighted by molar-refractivity contribution is -0.383. The summed E-state index contributed by atoms with van der Waals surface area (Å²) in [7, 11) is -3.60. The van der Waals surface area contributed by atoms with Crippen LogP contribution in [0, 0.1) is 21.7 Å². The third-order valence-corrected chi connectivity index (χ3v) is 5.89. The fourth-order valence-corrected chi connectivity index (χ4v) is 3.94. The van der Waals surface area contributed by atoms with Gasteiger partial charge in [0.2, 0.25) is 0 Å². The third-order valence-electron chi connectivity index (χ3n) is 3.03. The van der Waals surface area contributed by atoms with Crippen molar-refractivity contribution in [1.29, 1.82) is 0 Å². The molecule has 0 saturated carbocycles. The molecule has 1 unspecified atom stereocenters. The van der Waals surface area contributed by atoms with Crippen LogP contribution < -0.4 is 5.32 Å². The monoisotopic (exact) mass is 362 g/mol. The highest BCUT2D eigenvalue weighted by atomic mass is 32.2. The van der Waals surface area contributed by atoms with Gasteiger partial charge in [-0.15, -0.1) is 0 Å². The van der Waals surface area contributed by atoms with E-state index in [-0.39, 0.29) is 14.8 Å². The Balaban J connectivity index is 2.39. The third kappa shape index (κ3) is 3.82. The second kappa shape index (κ2) is 6.20. The van der Waals surface area contributed by atoms with Gasteiger partial charge in [0.05, 0.1) is 11.0 Å². The van der Waals surface area contributed by atoms with Crippen molar-refractivity contribution in [1.82, 2.24) is 0 Å². The summed E-state index contributed by atoms with van der Waals surface area (Å²) < 4.78 is 49.6. The van der Waals surface area contributed by atoms with Crippen LogP contribution in [0.3, 0.4) is 0 Å². The van der Waals surface area contributed by atoms with Crippen LogP contribution in [0.4, 0.5) is 19.5 Å². The Kier molecular flexibility index (Phi) is 4.66. The van der Waals surface area contributed by atoms with E-state index in [0.29, 0.717) is 17.4 Å². The molecule has 0 bridgehead atoms. The van der Waals surface area contributed by atoms with E-state index in [1.165, 1.54) is 13.0 Å². The summed E-state index contributed by atoms with van der Waals surface area (Å²) in [6.07, 6.45) is 0.940. The average molecular weight is 362 g/mol. The van der Waals surface area contributed by atoms with Gasteiger partial charge in [-0.25, -0.2) is 17.2 Å². The molecule has 124 valence electrons. The largest absolute Gasteiger partial charge is 0.365 e. The fourth-order valence-electron chi connectivity index (χ4n) is 1.91. The molecule has 1 aromatic carbocycles. The van der Waals surface area contributed by atoms with Gasteiger partial charge >= 0.3 is 5.69 Å². The van der Waals surface area contributed by atoms with Crippen LogP contribution in [0.25, 0.3) is 0 Å². The summed E-state index contributed by atoms with van der Waals surface area (Å²) in [6, 6.07) is 3.23. The maximum Gasteiger partial charge on any atom is 0.304 e. The fraction of sp³-hybridized carbons (Fsp3) is 0.231. The molecule has 1 heterocycles. The van der Waals surface area contributed by atoms with Crippen LogP contribution in [0.15, 0.2) is 28.5 Å². The average Bonchev–Trinajstić information content (AvgIpc) is 2.82. The number of hydrogen-bond acceptors (Lipinski definition) is 6. The summed E-state index contributed by atoms with van der Waals surface area (Å²) >= 11 is 0.690. The highest BCUT2D eigenvalue weighted by molar-refractivity contribution is 7.92. The van der Waals surface area contributed by atoms with E-state index in [2.05, 4.69) is 5.32 Å². The van der Waals surface area contributed by atoms with Gasteiger partial charge in [0.25, 0.3) is 0 Å². The van der Waals surface area contributed by atoms with Gasteiger partial charge in [-0.05, 0) is 13.0 Å². The maximum absolute atomic E-state index is 13.8. The Morgan fingerprint density at radius 2 is 1.96 bits per heavy atom. The first-order chi connectivity index (χ1) is 10.6. The molecule has 2 aromatic rings. The number of hydrogen-bond donors (Lipinski definition) is 1. The molecule has 0 saturated heterocycles. The molecule has 10 heteroatoms. The van der Waals surface area contributed by atoms with Gasteiger partial charge in [0.1, 0.15) is 15.8 Å². The van der Waals surface area contributed by atoms with Gasteiger partial charge < -0.3 is 5.32 Å². The second-order valence-electron chi connectivity index (χ2n) is 4.84. The number of nitrogens with zero attached hydrogens (tertiary/aromatic N) is 1. The summed E-state index contributed by atoms with van der Waals surface area (Å²) in [5, 5.41) is 13.7. The molecule has 1 atom stereocenters. The van der Waals surface area contributed by atoms with Crippen molar-refractivity contribution in [3.05, 3.63) is 51.6 Å². The molecule has 0 aliphatic heterocycles. The van der Waals surface area contributed by atoms with E-state index in [4.69, 9.17) is 0 Å². The Hall–Kier alpha value is -2.07. The first-order valence-corrected chi connectivity index (χ1v) is 9.00. The van der Waals surface area contributed by atoms with Crippen LogP contribution in [0.5, 0.6) is 0 Å². The molecule has 0 aliphatic rings. The Labute approximate surface area is 134 Å². The first-order valence-electron chi connectivity index (χ1n) is 6.29. The summed E-state index contributed by atoms with van der Waals surface area (Å²) in [5.41, 5.74) is -0.306. The molecule has 1 N–H and O–H groups in total. The van der Waals surface area contributed by atoms with Crippen LogP contribution in [-0.2, 0) is 9.84 Å². The van der Waals surface area contributed by atoms with Crippen molar-refractivity contribution >= 4 is 31.9 Å². The van der Waals surface area contributed by atoms with Crippen LogP contribution in [0.2, 0.25) is 0 Å². The number of benzene rings is 1. The molecule has 0 spiro atoms. The molecular formula is C13H12F2N2O4S2. The quantitative estimate of drug-likeness (QED) is 0.649. The summed E-state index contributed by atoms with van der Waals surface area (Å²) in [6.45, 7) is 1.53. The SMILES string of the molecule is CC(Nc1sc(S(C)(=O)=O)cc1[N+](=O)[O-])c1ccc(F)cc1F. The number of sulfone groups is 1. The minimum Gasteiger partial charge on any atom is -0.365 e. The van der Waals surface area contributed by atoms with Crippen molar-refractivity contribution in [3.8, 4) is 0 Å². The van der Waals surface area contributed by atoms with Crippen LogP contribution in [0.1, 0.15) is 18.5 Å². The van der Waals surface area contributed by atoms with Crippen LogP contribution >= 0.6 is 11.3 Å². The lowest BCUT2D eigenvalue weighted by Gasteiger charge is -2.14. The first kappa shape index (κ1) is 17.3. The molecular weight excluding hydrogens is 350 g/mol. The highest BCUT2D eigenvalue weighted by Crippen LogP contribution is 2.39. The van der Waals surface area contributed by atoms with E-state index < -0.39 is 38.1 Å². The Morgan fingerprint density at radius 3 is 2.48 bits per heavy atom. The predicted octanol–water partition coefficient (Wildman–Crippen LogP) is 3.51. The Bertz CT molecular complexity index is 865. The standard InChI is InChI=1S/C13H12F2N2O4S2/c1-7(9-4-3-8(14)5-10(9)15)16-13-11(17(18)19)6-12(22-13)23(2,20)21/h3-7,16H,1-2H3. The number of rotatable bonds is 5. The van der Waals surface area contributed by atoms with Gasteiger partial charge in [-0.2, -0.15) is 0 Å². The predicted molar refractivity (Wildman–Crippen MR) is 82.5 cm³/mol. The number of nitro groups is 1. The van der Waals surface area contributed by atoms with Crippen LogP contribution in [-0.4, -0.2) is 19.6 Å². The molecule has 0 radical (unpaired) electrons. The van der Waals surface area contributed by atoms with Gasteiger partial charge in [0, 0.05) is 24.0 Å². The molecule has 6 nitrogen and oxygen atoms in total. The zero-order chi connectivity index (χ0) is 17.4. The maximum atomic E-state index is 13.8.